The van der Waals surface area contributed by atoms with Gasteiger partial charge in [0.05, 0.1) is 58.0 Å². The summed E-state index contributed by atoms with van der Waals surface area (Å²) in [4.78, 5) is 4.58. The highest BCUT2D eigenvalue weighted by atomic mass is 15.5. The van der Waals surface area contributed by atoms with Crippen molar-refractivity contribution in [3.63, 3.8) is 0 Å². The average Bonchev–Trinajstić information content (AvgIpc) is 1.42. The predicted molar refractivity (Wildman–Crippen MR) is 381 cm³/mol. The van der Waals surface area contributed by atoms with E-state index in [1.165, 1.54) is 0 Å². The molecule has 0 spiro atoms. The number of hydrogen-bond donors (Lipinski definition) is 0. The maximum atomic E-state index is 5.18. The lowest BCUT2D eigenvalue weighted by Crippen LogP contribution is -2.13. The molecular weight excluding hydrogens is 1100 g/mol. The molecule has 0 N–H and O–H groups in total. The predicted octanol–water partition coefficient (Wildman–Crippen LogP) is 20.4. The van der Waals surface area contributed by atoms with E-state index in [2.05, 4.69) is 218 Å². The number of hydrogen-bond acceptors (Lipinski definition) is 10. The summed E-state index contributed by atoms with van der Waals surface area (Å²) >= 11 is 0. The molecule has 0 aliphatic heterocycles. The summed E-state index contributed by atoms with van der Waals surface area (Å²) in [6, 6.07) is 113. The summed E-state index contributed by atoms with van der Waals surface area (Å²) in [6.45, 7) is 4.13. The Balaban J connectivity index is 0.842. The lowest BCUT2D eigenvalue weighted by Gasteiger charge is -2.27. The zero-order valence-corrected chi connectivity index (χ0v) is 50.8. The Bertz CT molecular complexity index is 3970. The van der Waals surface area contributed by atoms with Gasteiger partial charge in [-0.25, -0.2) is 10.0 Å². The molecule has 0 aliphatic rings. The van der Waals surface area contributed by atoms with Crippen LogP contribution in [0.15, 0.2) is 348 Å². The van der Waals surface area contributed by atoms with E-state index in [0.29, 0.717) is 0 Å². The highest BCUT2D eigenvalue weighted by molar-refractivity contribution is 6.01. The van der Waals surface area contributed by atoms with Crippen molar-refractivity contribution in [2.45, 2.75) is 13.8 Å². The smallest absolute Gasteiger partial charge is 0.0655 e. The number of nitrogens with zero attached hydrogens (tertiary/aromatic N) is 10. The van der Waals surface area contributed by atoms with Gasteiger partial charge in [-0.1, -0.05) is 182 Å². The lowest BCUT2D eigenvalue weighted by molar-refractivity contribution is 1.02. The topological polar surface area (TPSA) is 68.9 Å². The lowest BCUT2D eigenvalue weighted by atomic mass is 10.0. The minimum atomic E-state index is 0.888. The first-order chi connectivity index (χ1) is 44.3. The number of para-hydroxylation sites is 6. The van der Waals surface area contributed by atoms with E-state index in [1.807, 2.05) is 180 Å². The van der Waals surface area contributed by atoms with Gasteiger partial charge in [-0.3, -0.25) is 10.0 Å². The molecule has 12 aromatic carbocycles. The van der Waals surface area contributed by atoms with Crippen LogP contribution in [0.5, 0.6) is 0 Å². The van der Waals surface area contributed by atoms with Crippen LogP contribution in [-0.2, 0) is 0 Å². The van der Waals surface area contributed by atoms with Crippen LogP contribution in [0.3, 0.4) is 0 Å². The van der Waals surface area contributed by atoms with E-state index in [9.17, 15) is 0 Å². The molecule has 0 radical (unpaired) electrons. The average molecular weight is 1170 g/mol. The van der Waals surface area contributed by atoms with Crippen molar-refractivity contribution in [3.8, 4) is 11.1 Å². The second-order valence-electron chi connectivity index (χ2n) is 21.6. The van der Waals surface area contributed by atoms with Gasteiger partial charge in [0.25, 0.3) is 0 Å². The molecule has 0 aliphatic carbocycles. The maximum absolute atomic E-state index is 5.18. The molecule has 0 heterocycles. The third kappa shape index (κ3) is 14.2. The Kier molecular flexibility index (Phi) is 18.3. The molecule has 0 atom stereocenters. The van der Waals surface area contributed by atoms with Gasteiger partial charge in [-0.15, -0.1) is 0 Å². The monoisotopic (exact) mass is 1170 g/mol. The van der Waals surface area contributed by atoms with Crippen LogP contribution >= 0.6 is 0 Å². The molecule has 438 valence electrons. The first-order valence-electron chi connectivity index (χ1n) is 30.1. The van der Waals surface area contributed by atoms with Gasteiger partial charge in [-0.2, -0.15) is 20.4 Å². The fourth-order valence-electron chi connectivity index (χ4n) is 10.6. The summed E-state index contributed by atoms with van der Waals surface area (Å²) < 4.78 is 0. The van der Waals surface area contributed by atoms with Crippen LogP contribution in [0.4, 0.5) is 68.2 Å². The second kappa shape index (κ2) is 28.1. The Morgan fingerprint density at radius 1 is 0.244 bits per heavy atom. The van der Waals surface area contributed by atoms with Gasteiger partial charge in [0.2, 0.25) is 0 Å². The third-order valence-corrected chi connectivity index (χ3v) is 15.5. The van der Waals surface area contributed by atoms with Gasteiger partial charge in [0.15, 0.2) is 0 Å². The Morgan fingerprint density at radius 2 is 0.467 bits per heavy atom. The van der Waals surface area contributed by atoms with E-state index < -0.39 is 0 Å². The van der Waals surface area contributed by atoms with Crippen LogP contribution in [-0.4, -0.2) is 37.9 Å². The van der Waals surface area contributed by atoms with E-state index in [4.69, 9.17) is 20.4 Å². The molecule has 0 saturated carbocycles. The van der Waals surface area contributed by atoms with Crippen LogP contribution in [0.2, 0.25) is 0 Å². The molecule has 10 nitrogen and oxygen atoms in total. The molecular formula is C80H68N10. The van der Waals surface area contributed by atoms with Gasteiger partial charge in [0.1, 0.15) is 0 Å². The molecule has 90 heavy (non-hydrogen) atoms. The zero-order valence-electron chi connectivity index (χ0n) is 50.8. The molecule has 0 amide bonds. The first kappa shape index (κ1) is 58.5. The van der Waals surface area contributed by atoms with Crippen molar-refractivity contribution in [2.24, 2.45) is 20.4 Å². The number of rotatable bonds is 21. The van der Waals surface area contributed by atoms with E-state index >= 15 is 0 Å². The Morgan fingerprint density at radius 3 is 0.722 bits per heavy atom. The second-order valence-corrected chi connectivity index (χ2v) is 21.6. The summed E-state index contributed by atoms with van der Waals surface area (Å²) in [5, 5.41) is 27.6. The summed E-state index contributed by atoms with van der Waals surface area (Å²) in [5.41, 5.74) is 20.0. The molecule has 10 heteroatoms. The summed E-state index contributed by atoms with van der Waals surface area (Å²) in [7, 11) is 3.92. The highest BCUT2D eigenvalue weighted by Gasteiger charge is 2.18. The molecule has 0 saturated heterocycles. The quantitative estimate of drug-likeness (QED) is 0.0527. The van der Waals surface area contributed by atoms with Crippen molar-refractivity contribution in [2.75, 3.05) is 43.9 Å². The Labute approximate surface area is 528 Å². The van der Waals surface area contributed by atoms with Crippen molar-refractivity contribution in [1.29, 1.82) is 0 Å². The normalized spacial score (nSPS) is 11.6. The Hall–Kier alpha value is -11.9. The minimum Gasteiger partial charge on any atom is -0.311 e. The fourth-order valence-corrected chi connectivity index (χ4v) is 10.6. The summed E-state index contributed by atoms with van der Waals surface area (Å²) in [5.74, 6) is 0. The number of hydrazone groups is 4. The van der Waals surface area contributed by atoms with Crippen molar-refractivity contribution >= 4 is 92.1 Å². The van der Waals surface area contributed by atoms with E-state index in [-0.39, 0.29) is 0 Å². The molecule has 12 aromatic rings. The van der Waals surface area contributed by atoms with Crippen LogP contribution in [0, 0.1) is 0 Å². The van der Waals surface area contributed by atoms with Crippen molar-refractivity contribution < 1.29 is 0 Å². The van der Waals surface area contributed by atoms with Crippen molar-refractivity contribution in [1.82, 2.24) is 0 Å². The van der Waals surface area contributed by atoms with Gasteiger partial charge in [-0.05, 0) is 193 Å². The molecule has 0 fully saturated rings. The minimum absolute atomic E-state index is 0.888. The zero-order chi connectivity index (χ0) is 61.4. The number of anilines is 12. The first-order valence-corrected chi connectivity index (χ1v) is 30.1. The largest absolute Gasteiger partial charge is 0.311 e. The van der Waals surface area contributed by atoms with E-state index in [0.717, 1.165) is 113 Å². The molecule has 0 aromatic heterocycles. The van der Waals surface area contributed by atoms with E-state index in [1.54, 1.807) is 0 Å². The van der Waals surface area contributed by atoms with Gasteiger partial charge in [0, 0.05) is 48.2 Å². The third-order valence-electron chi connectivity index (χ3n) is 15.5. The van der Waals surface area contributed by atoms with Crippen LogP contribution in [0.25, 0.3) is 11.1 Å². The maximum Gasteiger partial charge on any atom is 0.0655 e. The molecule has 0 unspecified atom stereocenters. The van der Waals surface area contributed by atoms with Crippen molar-refractivity contribution in [3.05, 3.63) is 350 Å². The standard InChI is InChI=1S/C80H68N10/c1-61(83-89(77-27-15-7-16-28-77)78-29-17-8-18-30-78)65-39-51-73(52-40-65)87(71-47-35-63(36-48-71)59-81-85(3)69-23-11-5-12-24-69)75-55-43-67(44-56-75)68-45-57-76(58-46-68)88(72-49-37-64(38-50-72)60-82-86(4)70-25-13-6-14-26-70)74-53-41-66(42-54-74)62(2)84-90(79-31-19-9-20-32-79)80-33-21-10-22-34-80/h5-60H,1-4H3. The highest BCUT2D eigenvalue weighted by Crippen LogP contribution is 2.39. The summed E-state index contributed by atoms with van der Waals surface area (Å²) in [6.07, 6.45) is 3.79. The SMILES string of the molecule is CC(=NN(c1ccccc1)c1ccccc1)c1ccc(N(c2ccc(C=NN(C)c3ccccc3)cc2)c2ccc(-c3ccc(N(c4ccc(C=NN(C)c5ccccc5)cc4)c4ccc(C(C)=NN(c5ccccc5)c5ccccc5)cc4)cc3)cc2)cc1. The number of benzene rings is 12. The fraction of sp³-hybridized carbons (Fsp3) is 0.0500. The van der Waals surface area contributed by atoms with Crippen LogP contribution in [0.1, 0.15) is 36.1 Å². The van der Waals surface area contributed by atoms with Gasteiger partial charge < -0.3 is 9.80 Å². The van der Waals surface area contributed by atoms with Crippen LogP contribution < -0.4 is 29.8 Å². The molecule has 12 rings (SSSR count). The van der Waals surface area contributed by atoms with Gasteiger partial charge >= 0.3 is 0 Å². The molecule has 0 bridgehead atoms.